The molecule has 0 bridgehead atoms. The van der Waals surface area contributed by atoms with Crippen molar-refractivity contribution in [2.45, 2.75) is 39.3 Å². The van der Waals surface area contributed by atoms with Crippen molar-refractivity contribution in [2.75, 3.05) is 46.4 Å². The standard InChI is InChI=1S/C21H32FN3O2/c1-16(2)13-25(18-5-6-18)21(26)15-24-10-8-23(9-11-24)14-17-4-7-20(27-3)19(22)12-17/h4,7,12,16,18H,5-6,8-11,13-15H2,1-3H3. The summed E-state index contributed by atoms with van der Waals surface area (Å²) in [4.78, 5) is 19.4. The zero-order valence-electron chi connectivity index (χ0n) is 16.8. The number of hydrogen-bond acceptors (Lipinski definition) is 4. The molecule has 0 radical (unpaired) electrons. The molecule has 1 aliphatic heterocycles. The van der Waals surface area contributed by atoms with Gasteiger partial charge < -0.3 is 9.64 Å². The number of carbonyl (C=O) groups excluding carboxylic acids is 1. The van der Waals surface area contributed by atoms with Gasteiger partial charge >= 0.3 is 0 Å². The monoisotopic (exact) mass is 377 g/mol. The third kappa shape index (κ3) is 5.66. The summed E-state index contributed by atoms with van der Waals surface area (Å²) in [6, 6.07) is 5.62. The molecule has 1 heterocycles. The molecule has 0 unspecified atom stereocenters. The molecule has 2 aliphatic rings. The van der Waals surface area contributed by atoms with E-state index in [1.54, 1.807) is 12.1 Å². The van der Waals surface area contributed by atoms with E-state index in [4.69, 9.17) is 4.74 Å². The Hall–Kier alpha value is -1.66. The van der Waals surface area contributed by atoms with E-state index in [1.807, 2.05) is 6.07 Å². The van der Waals surface area contributed by atoms with Crippen molar-refractivity contribution in [1.29, 1.82) is 0 Å². The third-order valence-corrected chi connectivity index (χ3v) is 5.32. The second-order valence-electron chi connectivity index (χ2n) is 8.19. The molecular weight excluding hydrogens is 345 g/mol. The Kier molecular flexibility index (Phi) is 6.71. The first kappa shape index (κ1) is 20.1. The topological polar surface area (TPSA) is 36.0 Å². The van der Waals surface area contributed by atoms with E-state index >= 15 is 0 Å². The van der Waals surface area contributed by atoms with Crippen LogP contribution in [0.4, 0.5) is 4.39 Å². The van der Waals surface area contributed by atoms with E-state index in [0.29, 0.717) is 18.5 Å². The summed E-state index contributed by atoms with van der Waals surface area (Å²) in [5.74, 6) is 0.751. The number of benzene rings is 1. The number of nitrogens with zero attached hydrogens (tertiary/aromatic N) is 3. The van der Waals surface area contributed by atoms with Crippen molar-refractivity contribution in [1.82, 2.24) is 14.7 Å². The van der Waals surface area contributed by atoms with E-state index in [0.717, 1.165) is 57.7 Å². The van der Waals surface area contributed by atoms with Crippen molar-refractivity contribution in [3.05, 3.63) is 29.6 Å². The van der Waals surface area contributed by atoms with E-state index in [9.17, 15) is 9.18 Å². The van der Waals surface area contributed by atoms with Crippen LogP contribution < -0.4 is 4.74 Å². The van der Waals surface area contributed by atoms with Gasteiger partial charge in [0.25, 0.3) is 0 Å². The minimum absolute atomic E-state index is 0.275. The maximum Gasteiger partial charge on any atom is 0.237 e. The lowest BCUT2D eigenvalue weighted by Crippen LogP contribution is -2.50. The van der Waals surface area contributed by atoms with Gasteiger partial charge in [0.15, 0.2) is 11.6 Å². The lowest BCUT2D eigenvalue weighted by Gasteiger charge is -2.35. The summed E-state index contributed by atoms with van der Waals surface area (Å²) in [5, 5.41) is 0. The smallest absolute Gasteiger partial charge is 0.237 e. The summed E-state index contributed by atoms with van der Waals surface area (Å²) in [6.07, 6.45) is 2.31. The van der Waals surface area contributed by atoms with Gasteiger partial charge in [-0.15, -0.1) is 0 Å². The van der Waals surface area contributed by atoms with Crippen LogP contribution in [0.5, 0.6) is 5.75 Å². The molecule has 1 amide bonds. The average molecular weight is 378 g/mol. The SMILES string of the molecule is COc1ccc(CN2CCN(CC(=O)N(CC(C)C)C3CC3)CC2)cc1F. The molecule has 3 rings (SSSR count). The van der Waals surface area contributed by atoms with Crippen molar-refractivity contribution >= 4 is 5.91 Å². The Bertz CT molecular complexity index is 640. The van der Waals surface area contributed by atoms with Crippen LogP contribution in [-0.4, -0.2) is 73.0 Å². The third-order valence-electron chi connectivity index (χ3n) is 5.32. The molecule has 150 valence electrons. The molecule has 1 aromatic rings. The average Bonchev–Trinajstić information content (AvgIpc) is 3.46. The van der Waals surface area contributed by atoms with Gasteiger partial charge in [0.2, 0.25) is 5.91 Å². The quantitative estimate of drug-likeness (QED) is 0.698. The van der Waals surface area contributed by atoms with Gasteiger partial charge in [-0.3, -0.25) is 14.6 Å². The van der Waals surface area contributed by atoms with Gasteiger partial charge in [-0.1, -0.05) is 19.9 Å². The number of ether oxygens (including phenoxy) is 1. The number of halogens is 1. The molecule has 2 fully saturated rings. The Balaban J connectivity index is 1.45. The molecule has 0 atom stereocenters. The fourth-order valence-electron chi connectivity index (χ4n) is 3.69. The predicted molar refractivity (Wildman–Crippen MR) is 104 cm³/mol. The van der Waals surface area contributed by atoms with Crippen LogP contribution in [0.15, 0.2) is 18.2 Å². The highest BCUT2D eigenvalue weighted by atomic mass is 19.1. The Morgan fingerprint density at radius 2 is 1.89 bits per heavy atom. The number of piperazine rings is 1. The summed E-state index contributed by atoms with van der Waals surface area (Å²) in [7, 11) is 1.48. The van der Waals surface area contributed by atoms with Crippen LogP contribution in [0.25, 0.3) is 0 Å². The highest BCUT2D eigenvalue weighted by Gasteiger charge is 2.33. The number of methoxy groups -OCH3 is 1. The summed E-state index contributed by atoms with van der Waals surface area (Å²) in [5.41, 5.74) is 0.953. The molecule has 0 aromatic heterocycles. The highest BCUT2D eigenvalue weighted by Crippen LogP contribution is 2.28. The Morgan fingerprint density at radius 1 is 1.22 bits per heavy atom. The molecule has 6 heteroatoms. The fraction of sp³-hybridized carbons (Fsp3) is 0.667. The Morgan fingerprint density at radius 3 is 2.44 bits per heavy atom. The first-order valence-electron chi connectivity index (χ1n) is 10.0. The van der Waals surface area contributed by atoms with Crippen LogP contribution in [0.2, 0.25) is 0 Å². The largest absolute Gasteiger partial charge is 0.494 e. The van der Waals surface area contributed by atoms with Crippen molar-refractivity contribution in [3.8, 4) is 5.75 Å². The maximum atomic E-state index is 13.9. The van der Waals surface area contributed by atoms with Gasteiger partial charge in [-0.25, -0.2) is 4.39 Å². The minimum Gasteiger partial charge on any atom is -0.494 e. The molecule has 0 spiro atoms. The summed E-state index contributed by atoms with van der Waals surface area (Å²) >= 11 is 0. The first-order chi connectivity index (χ1) is 13.0. The lowest BCUT2D eigenvalue weighted by atomic mass is 10.1. The molecule has 5 nitrogen and oxygen atoms in total. The van der Waals surface area contributed by atoms with Crippen LogP contribution in [0.1, 0.15) is 32.3 Å². The van der Waals surface area contributed by atoms with Gasteiger partial charge in [0.1, 0.15) is 0 Å². The van der Waals surface area contributed by atoms with Crippen LogP contribution in [0, 0.1) is 11.7 Å². The molecule has 0 N–H and O–H groups in total. The molecular formula is C21H32FN3O2. The minimum atomic E-state index is -0.315. The Labute approximate surface area is 162 Å². The second-order valence-corrected chi connectivity index (χ2v) is 8.19. The number of hydrogen-bond donors (Lipinski definition) is 0. The zero-order valence-corrected chi connectivity index (χ0v) is 16.8. The van der Waals surface area contributed by atoms with E-state index in [2.05, 4.69) is 28.5 Å². The van der Waals surface area contributed by atoms with Gasteiger partial charge in [-0.05, 0) is 36.5 Å². The lowest BCUT2D eigenvalue weighted by molar-refractivity contribution is -0.134. The van der Waals surface area contributed by atoms with Crippen LogP contribution in [-0.2, 0) is 11.3 Å². The fourth-order valence-corrected chi connectivity index (χ4v) is 3.69. The molecule has 1 aromatic carbocycles. The second kappa shape index (κ2) is 9.02. The number of amides is 1. The molecule has 1 saturated heterocycles. The van der Waals surface area contributed by atoms with Crippen molar-refractivity contribution in [3.63, 3.8) is 0 Å². The van der Waals surface area contributed by atoms with E-state index in [1.165, 1.54) is 7.11 Å². The van der Waals surface area contributed by atoms with Gasteiger partial charge in [0.05, 0.1) is 13.7 Å². The molecule has 1 aliphatic carbocycles. The van der Waals surface area contributed by atoms with Crippen molar-refractivity contribution in [2.24, 2.45) is 5.92 Å². The van der Waals surface area contributed by atoms with Crippen LogP contribution >= 0.6 is 0 Å². The van der Waals surface area contributed by atoms with E-state index < -0.39 is 0 Å². The normalized spacial score (nSPS) is 18.7. The first-order valence-corrected chi connectivity index (χ1v) is 10.0. The van der Waals surface area contributed by atoms with E-state index in [-0.39, 0.29) is 17.5 Å². The van der Waals surface area contributed by atoms with Crippen molar-refractivity contribution < 1.29 is 13.9 Å². The van der Waals surface area contributed by atoms with Gasteiger partial charge in [-0.2, -0.15) is 0 Å². The summed E-state index contributed by atoms with van der Waals surface area (Å²) in [6.45, 7) is 10.0. The van der Waals surface area contributed by atoms with Gasteiger partial charge in [0, 0.05) is 45.3 Å². The predicted octanol–water partition coefficient (Wildman–Crippen LogP) is 2.60. The number of carbonyl (C=O) groups is 1. The molecule has 1 saturated carbocycles. The molecule has 27 heavy (non-hydrogen) atoms. The maximum absolute atomic E-state index is 13.9. The highest BCUT2D eigenvalue weighted by molar-refractivity contribution is 5.79. The summed E-state index contributed by atoms with van der Waals surface area (Å²) < 4.78 is 18.8. The zero-order chi connectivity index (χ0) is 19.4. The number of rotatable bonds is 8. The van der Waals surface area contributed by atoms with Crippen LogP contribution in [0.3, 0.4) is 0 Å².